The smallest absolute Gasteiger partial charge is 0.123 e. The molecule has 1 aliphatic heterocycles. The van der Waals surface area contributed by atoms with Gasteiger partial charge in [0.25, 0.3) is 0 Å². The van der Waals surface area contributed by atoms with Crippen molar-refractivity contribution in [1.82, 2.24) is 5.32 Å². The molecule has 4 rings (SSSR count). The van der Waals surface area contributed by atoms with Gasteiger partial charge in [-0.3, -0.25) is 0 Å². The van der Waals surface area contributed by atoms with E-state index in [2.05, 4.69) is 45.5 Å². The van der Waals surface area contributed by atoms with Gasteiger partial charge in [0.05, 0.1) is 32.5 Å². The van der Waals surface area contributed by atoms with Crippen molar-refractivity contribution in [3.05, 3.63) is 99.8 Å². The molecule has 0 radical (unpaired) electrons. The van der Waals surface area contributed by atoms with Gasteiger partial charge in [0.15, 0.2) is 0 Å². The van der Waals surface area contributed by atoms with Crippen molar-refractivity contribution in [1.29, 1.82) is 0 Å². The molecular weight excluding hydrogens is 533 g/mol. The van der Waals surface area contributed by atoms with E-state index in [-0.39, 0.29) is 30.2 Å². The van der Waals surface area contributed by atoms with E-state index in [1.54, 1.807) is 6.07 Å². The van der Waals surface area contributed by atoms with Gasteiger partial charge in [0.2, 0.25) is 0 Å². The second-order valence-electron chi connectivity index (χ2n) is 8.49. The van der Waals surface area contributed by atoms with Crippen LogP contribution in [0.1, 0.15) is 35.4 Å². The summed E-state index contributed by atoms with van der Waals surface area (Å²) in [5, 5.41) is 3.42. The summed E-state index contributed by atoms with van der Waals surface area (Å²) in [6.07, 6.45) is 1.86. The van der Waals surface area contributed by atoms with Gasteiger partial charge in [-0.2, -0.15) is 0 Å². The molecule has 0 spiro atoms. The number of ether oxygens (including phenoxy) is 3. The highest BCUT2D eigenvalue weighted by Gasteiger charge is 2.27. The molecule has 1 heterocycles. The summed E-state index contributed by atoms with van der Waals surface area (Å²) in [6.45, 7) is 4.02. The van der Waals surface area contributed by atoms with Crippen LogP contribution < -0.4 is 10.1 Å². The zero-order valence-corrected chi connectivity index (χ0v) is 22.0. The standard InChI is InChI=1S/C28H31BrFNO3.ClH/c29-27-12-9-24(30)17-23(27)20-34-28-18-31-14-13-26(28)22-7-10-25(11-8-22)33-16-4-15-32-19-21-5-2-1-3-6-21;/h1-3,5-12,17,26,28,31H,4,13-16,18-20H2;1H. The third kappa shape index (κ3) is 8.58. The number of rotatable bonds is 11. The van der Waals surface area contributed by atoms with E-state index in [4.69, 9.17) is 14.2 Å². The van der Waals surface area contributed by atoms with Crippen LogP contribution in [0.25, 0.3) is 0 Å². The summed E-state index contributed by atoms with van der Waals surface area (Å²) in [4.78, 5) is 0. The van der Waals surface area contributed by atoms with Gasteiger partial charge >= 0.3 is 0 Å². The fourth-order valence-corrected chi connectivity index (χ4v) is 4.52. The Morgan fingerprint density at radius 3 is 2.54 bits per heavy atom. The molecule has 1 aliphatic rings. The van der Waals surface area contributed by atoms with Gasteiger partial charge in [0.1, 0.15) is 11.6 Å². The van der Waals surface area contributed by atoms with Gasteiger partial charge in [-0.05, 0) is 60.0 Å². The predicted molar refractivity (Wildman–Crippen MR) is 143 cm³/mol. The van der Waals surface area contributed by atoms with Crippen LogP contribution in [0.3, 0.4) is 0 Å². The van der Waals surface area contributed by atoms with Crippen LogP contribution in [0.15, 0.2) is 77.3 Å². The number of halogens is 3. The van der Waals surface area contributed by atoms with Crippen LogP contribution in [0.4, 0.5) is 4.39 Å². The lowest BCUT2D eigenvalue weighted by atomic mass is 9.87. The minimum atomic E-state index is -0.251. The highest BCUT2D eigenvalue weighted by molar-refractivity contribution is 9.10. The van der Waals surface area contributed by atoms with E-state index < -0.39 is 0 Å². The van der Waals surface area contributed by atoms with Crippen LogP contribution in [0.2, 0.25) is 0 Å². The molecule has 3 aromatic carbocycles. The van der Waals surface area contributed by atoms with Crippen molar-refractivity contribution in [2.75, 3.05) is 26.3 Å². The SMILES string of the molecule is Cl.Fc1ccc(Br)c(COC2CNCCC2c2ccc(OCCCOCc3ccccc3)cc2)c1. The summed E-state index contributed by atoms with van der Waals surface area (Å²) in [6, 6.07) is 23.2. The Balaban J connectivity index is 0.00000342. The Bertz CT molecular complexity index is 1020. The molecule has 2 unspecified atom stereocenters. The molecule has 0 aromatic heterocycles. The fraction of sp³-hybridized carbons (Fsp3) is 0.357. The lowest BCUT2D eigenvalue weighted by Gasteiger charge is -2.32. The first-order chi connectivity index (χ1) is 16.7. The molecule has 2 atom stereocenters. The van der Waals surface area contributed by atoms with Gasteiger partial charge in [-0.1, -0.05) is 58.4 Å². The third-order valence-corrected chi connectivity index (χ3v) is 6.78. The topological polar surface area (TPSA) is 39.7 Å². The first-order valence-corrected chi connectivity index (χ1v) is 12.6. The molecular formula is C28H32BrClFNO3. The van der Waals surface area contributed by atoms with Crippen LogP contribution in [-0.4, -0.2) is 32.4 Å². The zero-order valence-electron chi connectivity index (χ0n) is 19.6. The van der Waals surface area contributed by atoms with Crippen molar-refractivity contribution < 1.29 is 18.6 Å². The maximum Gasteiger partial charge on any atom is 0.123 e. The Hall–Kier alpha value is -1.96. The Kier molecular flexibility index (Phi) is 11.5. The largest absolute Gasteiger partial charge is 0.494 e. The Morgan fingerprint density at radius 2 is 1.74 bits per heavy atom. The van der Waals surface area contributed by atoms with Crippen LogP contribution >= 0.6 is 28.3 Å². The molecule has 0 saturated carbocycles. The van der Waals surface area contributed by atoms with E-state index in [0.29, 0.717) is 26.4 Å². The van der Waals surface area contributed by atoms with Crippen LogP contribution in [0, 0.1) is 5.82 Å². The number of hydrogen-bond donors (Lipinski definition) is 1. The second-order valence-corrected chi connectivity index (χ2v) is 9.35. The van der Waals surface area contributed by atoms with Gasteiger partial charge in [-0.25, -0.2) is 4.39 Å². The van der Waals surface area contributed by atoms with Crippen LogP contribution in [0.5, 0.6) is 5.75 Å². The fourth-order valence-electron chi connectivity index (χ4n) is 4.16. The van der Waals surface area contributed by atoms with E-state index in [9.17, 15) is 4.39 Å². The molecule has 0 amide bonds. The van der Waals surface area contributed by atoms with Crippen LogP contribution in [-0.2, 0) is 22.7 Å². The lowest BCUT2D eigenvalue weighted by molar-refractivity contribution is 0.0102. The van der Waals surface area contributed by atoms with Crippen molar-refractivity contribution in [2.24, 2.45) is 0 Å². The molecule has 7 heteroatoms. The Labute approximate surface area is 221 Å². The number of nitrogens with one attached hydrogen (secondary N) is 1. The average Bonchev–Trinajstić information content (AvgIpc) is 2.88. The summed E-state index contributed by atoms with van der Waals surface area (Å²) in [5.41, 5.74) is 3.24. The number of hydrogen-bond acceptors (Lipinski definition) is 4. The lowest BCUT2D eigenvalue weighted by Crippen LogP contribution is -2.41. The number of piperidine rings is 1. The average molecular weight is 565 g/mol. The first-order valence-electron chi connectivity index (χ1n) is 11.8. The normalized spacial score (nSPS) is 17.5. The van der Waals surface area contributed by atoms with Crippen molar-refractivity contribution in [3.63, 3.8) is 0 Å². The molecule has 1 saturated heterocycles. The molecule has 0 bridgehead atoms. The molecule has 4 nitrogen and oxygen atoms in total. The van der Waals surface area contributed by atoms with Gasteiger partial charge < -0.3 is 19.5 Å². The summed E-state index contributed by atoms with van der Waals surface area (Å²) < 4.78 is 32.3. The van der Waals surface area contributed by atoms with E-state index in [0.717, 1.165) is 41.7 Å². The van der Waals surface area contributed by atoms with E-state index >= 15 is 0 Å². The zero-order chi connectivity index (χ0) is 23.6. The number of benzene rings is 3. The van der Waals surface area contributed by atoms with Gasteiger partial charge in [0, 0.05) is 23.4 Å². The highest BCUT2D eigenvalue weighted by atomic mass is 79.9. The minimum absolute atomic E-state index is 0. The van der Waals surface area contributed by atoms with E-state index in [1.807, 2.05) is 30.3 Å². The van der Waals surface area contributed by atoms with Crippen molar-refractivity contribution in [2.45, 2.75) is 38.1 Å². The van der Waals surface area contributed by atoms with Crippen molar-refractivity contribution in [3.8, 4) is 5.75 Å². The van der Waals surface area contributed by atoms with Gasteiger partial charge in [-0.15, -0.1) is 12.4 Å². The highest BCUT2D eigenvalue weighted by Crippen LogP contribution is 2.30. The predicted octanol–water partition coefficient (Wildman–Crippen LogP) is 6.66. The minimum Gasteiger partial charge on any atom is -0.494 e. The maximum atomic E-state index is 13.6. The van der Waals surface area contributed by atoms with E-state index in [1.165, 1.54) is 23.3 Å². The summed E-state index contributed by atoms with van der Waals surface area (Å²) >= 11 is 3.48. The first kappa shape index (κ1) is 27.6. The molecule has 0 aliphatic carbocycles. The molecule has 35 heavy (non-hydrogen) atoms. The summed E-state index contributed by atoms with van der Waals surface area (Å²) in [7, 11) is 0. The second kappa shape index (κ2) is 14.6. The molecule has 1 fully saturated rings. The molecule has 1 N–H and O–H groups in total. The third-order valence-electron chi connectivity index (χ3n) is 6.01. The molecule has 188 valence electrons. The maximum absolute atomic E-state index is 13.6. The summed E-state index contributed by atoms with van der Waals surface area (Å²) in [5.74, 6) is 0.898. The van der Waals surface area contributed by atoms with Crippen molar-refractivity contribution >= 4 is 28.3 Å². The Morgan fingerprint density at radius 1 is 0.943 bits per heavy atom. The monoisotopic (exact) mass is 563 g/mol. The quantitative estimate of drug-likeness (QED) is 0.265. The molecule has 3 aromatic rings.